The third-order valence-electron chi connectivity index (χ3n) is 2.40. The summed E-state index contributed by atoms with van der Waals surface area (Å²) in [6.45, 7) is 1.12. The van der Waals surface area contributed by atoms with Gasteiger partial charge >= 0.3 is 0 Å². The van der Waals surface area contributed by atoms with Crippen LogP contribution in [0.1, 0.15) is 24.4 Å². The molecule has 0 saturated carbocycles. The number of hydrogen-bond donors (Lipinski definition) is 1. The van der Waals surface area contributed by atoms with E-state index in [0.717, 1.165) is 16.0 Å². The first-order chi connectivity index (χ1) is 6.27. The Morgan fingerprint density at radius 3 is 2.92 bits per heavy atom. The Hall–Kier alpha value is -0.0500. The van der Waals surface area contributed by atoms with Crippen molar-refractivity contribution in [3.8, 4) is 0 Å². The summed E-state index contributed by atoms with van der Waals surface area (Å²) in [6.07, 6.45) is 2.49. The fourth-order valence-electron chi connectivity index (χ4n) is 1.73. The maximum absolute atomic E-state index is 5.87. The first-order valence-electron chi connectivity index (χ1n) is 4.46. The Balaban J connectivity index is 2.29. The van der Waals surface area contributed by atoms with Crippen molar-refractivity contribution in [3.63, 3.8) is 0 Å². The monoisotopic (exact) mass is 259 g/mol. The van der Waals surface area contributed by atoms with Crippen molar-refractivity contribution in [2.75, 3.05) is 6.54 Å². The van der Waals surface area contributed by atoms with Crippen molar-refractivity contribution < 1.29 is 0 Å². The van der Waals surface area contributed by atoms with Crippen LogP contribution in [0.5, 0.6) is 0 Å². The molecule has 13 heavy (non-hydrogen) atoms. The van der Waals surface area contributed by atoms with Crippen molar-refractivity contribution in [3.05, 3.63) is 33.3 Å². The van der Waals surface area contributed by atoms with E-state index in [1.54, 1.807) is 0 Å². The lowest BCUT2D eigenvalue weighted by molar-refractivity contribution is 0.645. The summed E-state index contributed by atoms with van der Waals surface area (Å²) in [5.74, 6) is 0. The highest BCUT2D eigenvalue weighted by Crippen LogP contribution is 2.31. The van der Waals surface area contributed by atoms with Gasteiger partial charge in [-0.15, -0.1) is 0 Å². The highest BCUT2D eigenvalue weighted by atomic mass is 79.9. The van der Waals surface area contributed by atoms with E-state index in [1.807, 2.05) is 12.1 Å². The summed E-state index contributed by atoms with van der Waals surface area (Å²) in [7, 11) is 0. The molecule has 0 spiro atoms. The quantitative estimate of drug-likeness (QED) is 0.814. The summed E-state index contributed by atoms with van der Waals surface area (Å²) in [6, 6.07) is 6.50. The second-order valence-electron chi connectivity index (χ2n) is 3.31. The first kappa shape index (κ1) is 9.50. The summed E-state index contributed by atoms with van der Waals surface area (Å²) < 4.78 is 1.11. The zero-order valence-electron chi connectivity index (χ0n) is 7.19. The van der Waals surface area contributed by atoms with E-state index >= 15 is 0 Å². The maximum atomic E-state index is 5.87. The molecular formula is C10H11BrClN. The van der Waals surface area contributed by atoms with Crippen LogP contribution in [-0.2, 0) is 0 Å². The number of rotatable bonds is 1. The lowest BCUT2D eigenvalue weighted by atomic mass is 10.1. The molecule has 1 aliphatic heterocycles. The van der Waals surface area contributed by atoms with Crippen molar-refractivity contribution in [1.82, 2.24) is 5.32 Å². The van der Waals surface area contributed by atoms with Gasteiger partial charge in [-0.05, 0) is 37.1 Å². The molecular weight excluding hydrogens is 249 g/mol. The topological polar surface area (TPSA) is 12.0 Å². The average molecular weight is 261 g/mol. The van der Waals surface area contributed by atoms with Crippen molar-refractivity contribution in [1.29, 1.82) is 0 Å². The molecule has 1 heterocycles. The van der Waals surface area contributed by atoms with Crippen LogP contribution in [0.25, 0.3) is 0 Å². The first-order valence-corrected chi connectivity index (χ1v) is 5.63. The van der Waals surface area contributed by atoms with Crippen LogP contribution in [0.4, 0.5) is 0 Å². The number of halogens is 2. The molecule has 1 N–H and O–H groups in total. The van der Waals surface area contributed by atoms with Gasteiger partial charge < -0.3 is 5.32 Å². The standard InChI is InChI=1S/C10H11BrClN/c11-9-6-7(12)3-4-8(9)10-2-1-5-13-10/h3-4,6,10,13H,1-2,5H2/t10-/m1/s1. The van der Waals surface area contributed by atoms with Crippen molar-refractivity contribution in [2.24, 2.45) is 0 Å². The molecule has 1 nitrogen and oxygen atoms in total. The molecule has 1 aromatic carbocycles. The SMILES string of the molecule is Clc1ccc([C@H]2CCCN2)c(Br)c1. The molecule has 1 aliphatic rings. The molecule has 1 saturated heterocycles. The zero-order chi connectivity index (χ0) is 9.26. The zero-order valence-corrected chi connectivity index (χ0v) is 9.53. The Morgan fingerprint density at radius 1 is 1.46 bits per heavy atom. The molecule has 0 radical (unpaired) electrons. The number of hydrogen-bond acceptors (Lipinski definition) is 1. The van der Waals surface area contributed by atoms with Gasteiger partial charge in [-0.25, -0.2) is 0 Å². The summed E-state index contributed by atoms with van der Waals surface area (Å²) in [5, 5.41) is 4.25. The Kier molecular flexibility index (Phi) is 2.92. The second-order valence-corrected chi connectivity index (χ2v) is 4.61. The van der Waals surface area contributed by atoms with E-state index in [2.05, 4.69) is 27.3 Å². The van der Waals surface area contributed by atoms with Gasteiger partial charge in [0.2, 0.25) is 0 Å². The summed E-state index contributed by atoms with van der Waals surface area (Å²) >= 11 is 9.41. The minimum Gasteiger partial charge on any atom is -0.310 e. The molecule has 1 aromatic rings. The Morgan fingerprint density at radius 2 is 2.31 bits per heavy atom. The Bertz CT molecular complexity index is 308. The molecule has 0 unspecified atom stereocenters. The number of nitrogens with one attached hydrogen (secondary N) is 1. The maximum Gasteiger partial charge on any atom is 0.0417 e. The van der Waals surface area contributed by atoms with Gasteiger partial charge in [0.05, 0.1) is 0 Å². The van der Waals surface area contributed by atoms with E-state index in [4.69, 9.17) is 11.6 Å². The van der Waals surface area contributed by atoms with Gasteiger partial charge in [0, 0.05) is 15.5 Å². The predicted molar refractivity (Wildman–Crippen MR) is 59.1 cm³/mol. The van der Waals surface area contributed by atoms with E-state index in [1.165, 1.54) is 18.4 Å². The summed E-state index contributed by atoms with van der Waals surface area (Å²) in [4.78, 5) is 0. The third-order valence-corrected chi connectivity index (χ3v) is 3.32. The van der Waals surface area contributed by atoms with Crippen molar-refractivity contribution in [2.45, 2.75) is 18.9 Å². The lowest BCUT2D eigenvalue weighted by Gasteiger charge is -2.12. The smallest absolute Gasteiger partial charge is 0.0417 e. The van der Waals surface area contributed by atoms with Gasteiger partial charge in [0.15, 0.2) is 0 Å². The van der Waals surface area contributed by atoms with Gasteiger partial charge in [0.1, 0.15) is 0 Å². The summed E-state index contributed by atoms with van der Waals surface area (Å²) in [5.41, 5.74) is 1.32. The minimum atomic E-state index is 0.506. The van der Waals surface area contributed by atoms with Gasteiger partial charge in [-0.1, -0.05) is 33.6 Å². The molecule has 2 rings (SSSR count). The van der Waals surface area contributed by atoms with E-state index < -0.39 is 0 Å². The fourth-order valence-corrected chi connectivity index (χ4v) is 2.69. The molecule has 0 aliphatic carbocycles. The highest BCUT2D eigenvalue weighted by molar-refractivity contribution is 9.10. The molecule has 0 amide bonds. The van der Waals surface area contributed by atoms with Gasteiger partial charge in [0.25, 0.3) is 0 Å². The van der Waals surface area contributed by atoms with E-state index in [9.17, 15) is 0 Å². The predicted octanol–water partition coefficient (Wildman–Crippen LogP) is 3.53. The van der Waals surface area contributed by atoms with Crippen LogP contribution in [0.15, 0.2) is 22.7 Å². The second kappa shape index (κ2) is 3.99. The fraction of sp³-hybridized carbons (Fsp3) is 0.400. The molecule has 70 valence electrons. The minimum absolute atomic E-state index is 0.506. The van der Waals surface area contributed by atoms with E-state index in [0.29, 0.717) is 6.04 Å². The molecule has 1 fully saturated rings. The molecule has 0 bridgehead atoms. The Labute approximate surface area is 91.6 Å². The molecule has 3 heteroatoms. The third kappa shape index (κ3) is 2.06. The van der Waals surface area contributed by atoms with Crippen LogP contribution in [0.3, 0.4) is 0 Å². The van der Waals surface area contributed by atoms with Crippen LogP contribution in [0.2, 0.25) is 5.02 Å². The van der Waals surface area contributed by atoms with Crippen LogP contribution < -0.4 is 5.32 Å². The normalized spacial score (nSPS) is 22.2. The van der Waals surface area contributed by atoms with Crippen LogP contribution in [0, 0.1) is 0 Å². The van der Waals surface area contributed by atoms with E-state index in [-0.39, 0.29) is 0 Å². The van der Waals surface area contributed by atoms with Crippen molar-refractivity contribution >= 4 is 27.5 Å². The highest BCUT2D eigenvalue weighted by Gasteiger charge is 2.18. The number of benzene rings is 1. The lowest BCUT2D eigenvalue weighted by Crippen LogP contribution is -2.13. The van der Waals surface area contributed by atoms with Crippen LogP contribution in [-0.4, -0.2) is 6.54 Å². The molecule has 1 atom stereocenters. The molecule has 0 aromatic heterocycles. The van der Waals surface area contributed by atoms with Gasteiger partial charge in [-0.2, -0.15) is 0 Å². The average Bonchev–Trinajstić information content (AvgIpc) is 2.56. The van der Waals surface area contributed by atoms with Gasteiger partial charge in [-0.3, -0.25) is 0 Å². The largest absolute Gasteiger partial charge is 0.310 e. The van der Waals surface area contributed by atoms with Crippen LogP contribution >= 0.6 is 27.5 Å².